The third kappa shape index (κ3) is 3.96. The lowest BCUT2D eigenvalue weighted by molar-refractivity contribution is -0.143. The van der Waals surface area contributed by atoms with Crippen molar-refractivity contribution in [1.82, 2.24) is 4.90 Å². The highest BCUT2D eigenvalue weighted by Crippen LogP contribution is 2.37. The van der Waals surface area contributed by atoms with Crippen LogP contribution in [0.1, 0.15) is 41.1 Å². The third-order valence-electron chi connectivity index (χ3n) is 5.10. The maximum Gasteiger partial charge on any atom is 0.307 e. The van der Waals surface area contributed by atoms with Crippen LogP contribution in [0.5, 0.6) is 0 Å². The van der Waals surface area contributed by atoms with Crippen molar-refractivity contribution in [3.05, 3.63) is 69.2 Å². The van der Waals surface area contributed by atoms with Crippen LogP contribution in [0.3, 0.4) is 0 Å². The first-order valence-electron chi connectivity index (χ1n) is 8.76. The van der Waals surface area contributed by atoms with Crippen LogP contribution in [0, 0.1) is 19.8 Å². The van der Waals surface area contributed by atoms with Crippen molar-refractivity contribution in [3.8, 4) is 0 Å². The first-order valence-corrected chi connectivity index (χ1v) is 9.55. The zero-order valence-corrected chi connectivity index (χ0v) is 16.3. The lowest BCUT2D eigenvalue weighted by Crippen LogP contribution is -2.41. The maximum atomic E-state index is 11.5. The standard InChI is InChI=1S/C21H24BrNO2/c1-14-9-10-15(2)18(12-14)20(17-7-3-4-8-19(17)22)23-11-5-6-16(13-23)21(24)25/h3-4,7-10,12,16,20H,5-6,11,13H2,1-2H3,(H,24,25). The second kappa shape index (κ2) is 7.71. The number of carboxylic acids is 1. The van der Waals surface area contributed by atoms with E-state index in [1.165, 1.54) is 22.3 Å². The Morgan fingerprint density at radius 2 is 1.96 bits per heavy atom. The topological polar surface area (TPSA) is 40.5 Å². The van der Waals surface area contributed by atoms with Crippen molar-refractivity contribution < 1.29 is 9.90 Å². The predicted molar refractivity (Wildman–Crippen MR) is 104 cm³/mol. The summed E-state index contributed by atoms with van der Waals surface area (Å²) in [4.78, 5) is 13.9. The second-order valence-corrected chi connectivity index (χ2v) is 7.81. The van der Waals surface area contributed by atoms with Crippen LogP contribution in [0.4, 0.5) is 0 Å². The molecule has 0 aromatic heterocycles. The molecule has 2 unspecified atom stereocenters. The molecule has 3 nitrogen and oxygen atoms in total. The molecular formula is C21H24BrNO2. The Morgan fingerprint density at radius 1 is 1.20 bits per heavy atom. The average Bonchev–Trinajstić information content (AvgIpc) is 2.60. The number of likely N-dealkylation sites (tertiary alicyclic amines) is 1. The third-order valence-corrected chi connectivity index (χ3v) is 5.82. The van der Waals surface area contributed by atoms with E-state index in [0.717, 1.165) is 23.9 Å². The molecule has 0 amide bonds. The molecule has 0 aliphatic carbocycles. The lowest BCUT2D eigenvalue weighted by Gasteiger charge is -2.38. The van der Waals surface area contributed by atoms with Crippen LogP contribution in [0.2, 0.25) is 0 Å². The van der Waals surface area contributed by atoms with Gasteiger partial charge in [-0.2, -0.15) is 0 Å². The van der Waals surface area contributed by atoms with Crippen LogP contribution in [0.25, 0.3) is 0 Å². The van der Waals surface area contributed by atoms with Crippen molar-refractivity contribution in [1.29, 1.82) is 0 Å². The van der Waals surface area contributed by atoms with Gasteiger partial charge in [0.2, 0.25) is 0 Å². The minimum absolute atomic E-state index is 0.0672. The van der Waals surface area contributed by atoms with Crippen LogP contribution in [0.15, 0.2) is 46.9 Å². The van der Waals surface area contributed by atoms with E-state index >= 15 is 0 Å². The lowest BCUT2D eigenvalue weighted by atomic mass is 9.89. The molecule has 1 saturated heterocycles. The van der Waals surface area contributed by atoms with Gasteiger partial charge in [-0.15, -0.1) is 0 Å². The summed E-state index contributed by atoms with van der Waals surface area (Å²) in [7, 11) is 0. The Kier molecular flexibility index (Phi) is 5.60. The number of halogens is 1. The first-order chi connectivity index (χ1) is 12.0. The fourth-order valence-corrected chi connectivity index (χ4v) is 4.26. The smallest absolute Gasteiger partial charge is 0.307 e. The van der Waals surface area contributed by atoms with Crippen molar-refractivity contribution in [2.45, 2.75) is 32.7 Å². The van der Waals surface area contributed by atoms with E-state index in [9.17, 15) is 9.90 Å². The molecule has 1 aliphatic heterocycles. The van der Waals surface area contributed by atoms with Gasteiger partial charge in [-0.3, -0.25) is 9.69 Å². The summed E-state index contributed by atoms with van der Waals surface area (Å²) in [6.07, 6.45) is 1.68. The average molecular weight is 402 g/mol. The molecule has 4 heteroatoms. The number of piperidine rings is 1. The van der Waals surface area contributed by atoms with E-state index in [0.29, 0.717) is 6.54 Å². The summed E-state index contributed by atoms with van der Waals surface area (Å²) in [6.45, 7) is 5.76. The van der Waals surface area contributed by atoms with Gasteiger partial charge in [0.05, 0.1) is 12.0 Å². The highest BCUT2D eigenvalue weighted by Gasteiger charge is 2.32. The molecular weight excluding hydrogens is 378 g/mol. The molecule has 2 atom stereocenters. The quantitative estimate of drug-likeness (QED) is 0.787. The number of benzene rings is 2. The number of rotatable bonds is 4. The predicted octanol–water partition coefficient (Wildman–Crippen LogP) is 4.95. The summed E-state index contributed by atoms with van der Waals surface area (Å²) in [6, 6.07) is 14.9. The van der Waals surface area contributed by atoms with E-state index in [1.807, 2.05) is 6.07 Å². The minimum Gasteiger partial charge on any atom is -0.481 e. The molecule has 1 aliphatic rings. The van der Waals surface area contributed by atoms with E-state index in [2.05, 4.69) is 71.1 Å². The number of carbonyl (C=O) groups is 1. The maximum absolute atomic E-state index is 11.5. The van der Waals surface area contributed by atoms with Crippen molar-refractivity contribution in [2.75, 3.05) is 13.1 Å². The summed E-state index contributed by atoms with van der Waals surface area (Å²) in [5.41, 5.74) is 4.92. The number of aryl methyl sites for hydroxylation is 2. The van der Waals surface area contributed by atoms with Gasteiger partial charge in [-0.25, -0.2) is 0 Å². The van der Waals surface area contributed by atoms with E-state index in [4.69, 9.17) is 0 Å². The molecule has 0 radical (unpaired) electrons. The zero-order valence-electron chi connectivity index (χ0n) is 14.7. The zero-order chi connectivity index (χ0) is 18.0. The fourth-order valence-electron chi connectivity index (χ4n) is 3.75. The number of carboxylic acid groups (broad SMARTS) is 1. The molecule has 3 rings (SSSR count). The van der Waals surface area contributed by atoms with Crippen LogP contribution in [-0.4, -0.2) is 29.1 Å². The molecule has 0 saturated carbocycles. The van der Waals surface area contributed by atoms with E-state index < -0.39 is 5.97 Å². The number of aliphatic carboxylic acids is 1. The highest BCUT2D eigenvalue weighted by atomic mass is 79.9. The van der Waals surface area contributed by atoms with Crippen LogP contribution < -0.4 is 0 Å². The number of hydrogen-bond acceptors (Lipinski definition) is 2. The van der Waals surface area contributed by atoms with Gasteiger partial charge < -0.3 is 5.11 Å². The molecule has 2 aromatic carbocycles. The Hall–Kier alpha value is -1.65. The normalized spacial score (nSPS) is 19.6. The Morgan fingerprint density at radius 3 is 2.68 bits per heavy atom. The SMILES string of the molecule is Cc1ccc(C)c(C(c2ccccc2Br)N2CCCC(C(=O)O)C2)c1. The van der Waals surface area contributed by atoms with Crippen LogP contribution in [-0.2, 0) is 4.79 Å². The number of hydrogen-bond donors (Lipinski definition) is 1. The van der Waals surface area contributed by atoms with Gasteiger partial charge in [0.1, 0.15) is 0 Å². The van der Waals surface area contributed by atoms with Crippen LogP contribution >= 0.6 is 15.9 Å². The summed E-state index contributed by atoms with van der Waals surface area (Å²) < 4.78 is 1.07. The molecule has 0 bridgehead atoms. The van der Waals surface area contributed by atoms with Gasteiger partial charge in [-0.1, -0.05) is 57.9 Å². The number of nitrogens with zero attached hydrogens (tertiary/aromatic N) is 1. The first kappa shape index (κ1) is 18.2. The van der Waals surface area contributed by atoms with Gasteiger partial charge in [-0.05, 0) is 56.0 Å². The molecule has 0 spiro atoms. The van der Waals surface area contributed by atoms with Crippen molar-refractivity contribution in [3.63, 3.8) is 0 Å². The molecule has 1 heterocycles. The second-order valence-electron chi connectivity index (χ2n) is 6.96. The Labute approximate surface area is 157 Å². The molecule has 2 aromatic rings. The monoisotopic (exact) mass is 401 g/mol. The minimum atomic E-state index is -0.684. The molecule has 1 fully saturated rings. The molecule has 132 valence electrons. The van der Waals surface area contributed by atoms with Gasteiger partial charge >= 0.3 is 5.97 Å². The Bertz CT molecular complexity index is 774. The van der Waals surface area contributed by atoms with Gasteiger partial charge in [0.15, 0.2) is 0 Å². The summed E-state index contributed by atoms with van der Waals surface area (Å²) >= 11 is 3.70. The molecule has 1 N–H and O–H groups in total. The molecule has 25 heavy (non-hydrogen) atoms. The van der Waals surface area contributed by atoms with E-state index in [1.54, 1.807) is 0 Å². The Balaban J connectivity index is 2.08. The van der Waals surface area contributed by atoms with Gasteiger partial charge in [0.25, 0.3) is 0 Å². The van der Waals surface area contributed by atoms with Crippen molar-refractivity contribution in [2.24, 2.45) is 5.92 Å². The summed E-state index contributed by atoms with van der Waals surface area (Å²) in [5.74, 6) is -0.972. The van der Waals surface area contributed by atoms with Crippen molar-refractivity contribution >= 4 is 21.9 Å². The highest BCUT2D eigenvalue weighted by molar-refractivity contribution is 9.10. The van der Waals surface area contributed by atoms with Gasteiger partial charge in [0, 0.05) is 11.0 Å². The fraction of sp³-hybridized carbons (Fsp3) is 0.381. The van der Waals surface area contributed by atoms with E-state index in [-0.39, 0.29) is 12.0 Å². The summed E-state index contributed by atoms with van der Waals surface area (Å²) in [5, 5.41) is 9.50. The largest absolute Gasteiger partial charge is 0.481 e.